The molecular weight excluding hydrogens is 412 g/mol. The molecule has 0 saturated heterocycles. The number of benzene rings is 1. The van der Waals surface area contributed by atoms with E-state index in [2.05, 4.69) is 6.58 Å². The smallest absolute Gasteiger partial charge is 0.341 e. The highest BCUT2D eigenvalue weighted by Gasteiger charge is 2.63. The summed E-state index contributed by atoms with van der Waals surface area (Å²) < 4.78 is 16.5. The average molecular weight is 440 g/mol. The Hall–Kier alpha value is -3.55. The molecule has 8 nitrogen and oxygen atoms in total. The fourth-order valence-corrected chi connectivity index (χ4v) is 4.17. The minimum Gasteiger partial charge on any atom is -0.462 e. The van der Waals surface area contributed by atoms with E-state index in [1.165, 1.54) is 11.8 Å². The molecule has 0 unspecified atom stereocenters. The van der Waals surface area contributed by atoms with Gasteiger partial charge in [0.2, 0.25) is 11.8 Å². The largest absolute Gasteiger partial charge is 0.462 e. The summed E-state index contributed by atoms with van der Waals surface area (Å²) in [5.74, 6) is -2.38. The predicted octanol–water partition coefficient (Wildman–Crippen LogP) is 2.84. The number of ether oxygens (including phenoxy) is 3. The number of fused-ring (bicyclic) bond motifs is 2. The summed E-state index contributed by atoms with van der Waals surface area (Å²) in [4.78, 5) is 42.2. The van der Waals surface area contributed by atoms with Crippen LogP contribution in [0.3, 0.4) is 0 Å². The van der Waals surface area contributed by atoms with Crippen LogP contribution in [0.25, 0.3) is 0 Å². The lowest BCUT2D eigenvalue weighted by atomic mass is 9.67. The molecule has 0 aromatic heterocycles. The lowest BCUT2D eigenvalue weighted by Gasteiger charge is -2.37. The number of hydrogen-bond acceptors (Lipinski definition) is 7. The van der Waals surface area contributed by atoms with Crippen molar-refractivity contribution in [2.24, 2.45) is 5.73 Å². The molecule has 2 N–H and O–H groups in total. The van der Waals surface area contributed by atoms with E-state index < -0.39 is 28.9 Å². The van der Waals surface area contributed by atoms with Crippen molar-refractivity contribution in [1.29, 1.82) is 0 Å². The van der Waals surface area contributed by atoms with E-state index in [9.17, 15) is 14.4 Å². The van der Waals surface area contributed by atoms with Crippen LogP contribution in [-0.2, 0) is 34.0 Å². The van der Waals surface area contributed by atoms with Gasteiger partial charge in [-0.1, -0.05) is 24.3 Å². The summed E-state index contributed by atoms with van der Waals surface area (Å²) in [5, 5.41) is 0. The van der Waals surface area contributed by atoms with Crippen molar-refractivity contribution < 1.29 is 28.6 Å². The molecule has 0 saturated carbocycles. The Balaban J connectivity index is 2.41. The Morgan fingerprint density at radius 1 is 1.22 bits per heavy atom. The zero-order valence-electron chi connectivity index (χ0n) is 19.0. The number of anilines is 1. The van der Waals surface area contributed by atoms with Crippen LogP contribution < -0.4 is 10.6 Å². The van der Waals surface area contributed by atoms with Crippen LogP contribution >= 0.6 is 0 Å². The Bertz CT molecular complexity index is 1060. The van der Waals surface area contributed by atoms with E-state index in [1.807, 2.05) is 0 Å². The van der Waals surface area contributed by atoms with Crippen LogP contribution in [0.1, 0.15) is 40.2 Å². The van der Waals surface area contributed by atoms with Gasteiger partial charge in [0.05, 0.1) is 6.61 Å². The van der Waals surface area contributed by atoms with Gasteiger partial charge in [0, 0.05) is 17.8 Å². The number of rotatable bonds is 5. The normalized spacial score (nSPS) is 20.3. The number of carbonyl (C=O) groups excluding carboxylic acids is 3. The summed E-state index contributed by atoms with van der Waals surface area (Å²) in [6.07, 6.45) is 1.56. The first kappa shape index (κ1) is 23.1. The zero-order valence-corrected chi connectivity index (χ0v) is 19.0. The number of nitrogens with zero attached hydrogens (tertiary/aromatic N) is 1. The third-order valence-corrected chi connectivity index (χ3v) is 5.17. The van der Waals surface area contributed by atoms with Gasteiger partial charge in [0.25, 0.3) is 0 Å². The van der Waals surface area contributed by atoms with Gasteiger partial charge in [-0.15, -0.1) is 6.58 Å². The SMILES string of the molecule is C=CCN1C(=O)[C@]2(C(C(=O)OC(C)(C)C)=C(C)OC(N)=C2C(=O)OCC)c2ccccc21. The molecule has 2 heterocycles. The van der Waals surface area contributed by atoms with E-state index in [0.29, 0.717) is 11.3 Å². The Morgan fingerprint density at radius 2 is 1.88 bits per heavy atom. The molecule has 0 bridgehead atoms. The van der Waals surface area contributed by atoms with Crippen molar-refractivity contribution in [1.82, 2.24) is 0 Å². The first-order chi connectivity index (χ1) is 15.0. The van der Waals surface area contributed by atoms with Gasteiger partial charge in [-0.05, 0) is 40.7 Å². The Kier molecular flexibility index (Phi) is 5.91. The van der Waals surface area contributed by atoms with E-state index in [-0.39, 0.29) is 35.9 Å². The van der Waals surface area contributed by atoms with E-state index in [0.717, 1.165) is 0 Å². The molecule has 2 aliphatic rings. The maximum atomic E-state index is 14.1. The van der Waals surface area contributed by atoms with Crippen LogP contribution in [0.5, 0.6) is 0 Å². The minimum atomic E-state index is -1.87. The maximum Gasteiger partial charge on any atom is 0.341 e. The number of allylic oxidation sites excluding steroid dienone is 1. The lowest BCUT2D eigenvalue weighted by molar-refractivity contribution is -0.152. The second-order valence-corrected chi connectivity index (χ2v) is 8.47. The van der Waals surface area contributed by atoms with E-state index in [1.54, 1.807) is 58.0 Å². The van der Waals surface area contributed by atoms with Gasteiger partial charge in [0.1, 0.15) is 27.9 Å². The third kappa shape index (κ3) is 3.45. The van der Waals surface area contributed by atoms with Gasteiger partial charge in [0.15, 0.2) is 0 Å². The van der Waals surface area contributed by atoms with E-state index >= 15 is 0 Å². The Morgan fingerprint density at radius 3 is 2.47 bits per heavy atom. The molecule has 2 aliphatic heterocycles. The summed E-state index contributed by atoms with van der Waals surface area (Å²) in [6, 6.07) is 6.91. The predicted molar refractivity (Wildman–Crippen MR) is 118 cm³/mol. The second kappa shape index (κ2) is 8.18. The van der Waals surface area contributed by atoms with Gasteiger partial charge < -0.3 is 24.8 Å². The third-order valence-electron chi connectivity index (χ3n) is 5.17. The van der Waals surface area contributed by atoms with Crippen molar-refractivity contribution in [3.05, 3.63) is 65.3 Å². The molecule has 1 aromatic rings. The van der Waals surface area contributed by atoms with Crippen molar-refractivity contribution in [3.8, 4) is 0 Å². The molecule has 0 radical (unpaired) electrons. The monoisotopic (exact) mass is 440 g/mol. The lowest BCUT2D eigenvalue weighted by Crippen LogP contribution is -2.51. The first-order valence-corrected chi connectivity index (χ1v) is 10.3. The van der Waals surface area contributed by atoms with Gasteiger partial charge in [-0.25, -0.2) is 9.59 Å². The van der Waals surface area contributed by atoms with Crippen LogP contribution in [0.2, 0.25) is 0 Å². The number of nitrogens with two attached hydrogens (primary N) is 1. The number of esters is 2. The van der Waals surface area contributed by atoms with E-state index in [4.69, 9.17) is 19.9 Å². The summed E-state index contributed by atoms with van der Waals surface area (Å²) >= 11 is 0. The van der Waals surface area contributed by atoms with Crippen LogP contribution in [0.4, 0.5) is 5.69 Å². The molecule has 1 amide bonds. The fourth-order valence-electron chi connectivity index (χ4n) is 4.17. The van der Waals surface area contributed by atoms with Crippen molar-refractivity contribution in [2.45, 2.75) is 45.6 Å². The quantitative estimate of drug-likeness (QED) is 0.554. The molecule has 0 aliphatic carbocycles. The average Bonchev–Trinajstić information content (AvgIpc) is 2.90. The molecule has 170 valence electrons. The molecule has 1 atom stereocenters. The number of amides is 1. The standard InChI is InChI=1S/C24H28N2O6/c1-7-13-26-16-12-10-9-11-15(16)24(22(26)29)17(21(28)32-23(4,5)6)14(3)31-19(25)18(24)20(27)30-8-2/h7,9-12H,1,8,13,25H2,2-6H3/t24-/m0/s1. The van der Waals surface area contributed by atoms with Crippen molar-refractivity contribution in [2.75, 3.05) is 18.1 Å². The molecule has 1 spiro atoms. The molecule has 1 aromatic carbocycles. The molecular formula is C24H28N2O6. The topological polar surface area (TPSA) is 108 Å². The van der Waals surface area contributed by atoms with Crippen molar-refractivity contribution >= 4 is 23.5 Å². The van der Waals surface area contributed by atoms with Gasteiger partial charge in [-0.2, -0.15) is 0 Å². The maximum absolute atomic E-state index is 14.1. The zero-order chi connectivity index (χ0) is 23.8. The number of carbonyl (C=O) groups is 3. The summed E-state index contributed by atoms with van der Waals surface area (Å²) in [7, 11) is 0. The first-order valence-electron chi connectivity index (χ1n) is 10.3. The summed E-state index contributed by atoms with van der Waals surface area (Å²) in [5.41, 5.74) is 4.04. The Labute approximate surface area is 187 Å². The van der Waals surface area contributed by atoms with Crippen LogP contribution in [0, 0.1) is 0 Å². The van der Waals surface area contributed by atoms with Gasteiger partial charge >= 0.3 is 11.9 Å². The highest BCUT2D eigenvalue weighted by atomic mass is 16.6. The summed E-state index contributed by atoms with van der Waals surface area (Å²) in [6.45, 7) is 12.2. The highest BCUT2D eigenvalue weighted by molar-refractivity contribution is 6.22. The highest BCUT2D eigenvalue weighted by Crippen LogP contribution is 2.54. The molecule has 32 heavy (non-hydrogen) atoms. The molecule has 8 heteroatoms. The van der Waals surface area contributed by atoms with Crippen molar-refractivity contribution in [3.63, 3.8) is 0 Å². The van der Waals surface area contributed by atoms with Crippen LogP contribution in [-0.4, -0.2) is 36.6 Å². The minimum absolute atomic E-state index is 0.0440. The van der Waals surface area contributed by atoms with Gasteiger partial charge in [-0.3, -0.25) is 4.79 Å². The second-order valence-electron chi connectivity index (χ2n) is 8.47. The number of hydrogen-bond donors (Lipinski definition) is 1. The molecule has 3 rings (SSSR count). The molecule has 0 fully saturated rings. The number of para-hydroxylation sites is 1. The van der Waals surface area contributed by atoms with Crippen LogP contribution in [0.15, 0.2) is 59.7 Å². The fraction of sp³-hybridized carbons (Fsp3) is 0.375.